The van der Waals surface area contributed by atoms with E-state index in [1.165, 1.54) is 14.0 Å². The third-order valence-corrected chi connectivity index (χ3v) is 2.65. The van der Waals surface area contributed by atoms with Gasteiger partial charge in [0.1, 0.15) is 5.41 Å². The molecule has 0 aromatic rings. The smallest absolute Gasteiger partial charge is 0.318 e. The zero-order chi connectivity index (χ0) is 11.4. The highest BCUT2D eigenvalue weighted by Gasteiger charge is 2.41. The number of aliphatic carboxylic acids is 1. The molecule has 14 heavy (non-hydrogen) atoms. The van der Waals surface area contributed by atoms with Crippen molar-refractivity contribution in [2.75, 3.05) is 7.05 Å². The second kappa shape index (κ2) is 4.98. The molecule has 0 aromatic heterocycles. The average Bonchev–Trinajstić information content (AvgIpc) is 2.15. The zero-order valence-corrected chi connectivity index (χ0v) is 9.26. The minimum Gasteiger partial charge on any atom is -0.480 e. The van der Waals surface area contributed by atoms with Gasteiger partial charge in [0.05, 0.1) is 0 Å². The van der Waals surface area contributed by atoms with E-state index < -0.39 is 17.3 Å². The van der Waals surface area contributed by atoms with Crippen molar-refractivity contribution < 1.29 is 14.7 Å². The van der Waals surface area contributed by atoms with Crippen LogP contribution in [0.1, 0.15) is 33.6 Å². The van der Waals surface area contributed by atoms with Crippen molar-refractivity contribution in [3.05, 3.63) is 0 Å². The Morgan fingerprint density at radius 1 is 1.50 bits per heavy atom. The van der Waals surface area contributed by atoms with Crippen LogP contribution in [0.2, 0.25) is 0 Å². The van der Waals surface area contributed by atoms with Gasteiger partial charge in [-0.2, -0.15) is 0 Å². The number of carboxylic acid groups (broad SMARTS) is 1. The van der Waals surface area contributed by atoms with Crippen molar-refractivity contribution in [2.45, 2.75) is 33.6 Å². The van der Waals surface area contributed by atoms with Gasteiger partial charge in [0.15, 0.2) is 0 Å². The predicted octanol–water partition coefficient (Wildman–Crippen LogP) is 1.26. The Balaban J connectivity index is 4.73. The first-order valence-corrected chi connectivity index (χ1v) is 4.84. The molecule has 2 N–H and O–H groups in total. The monoisotopic (exact) mass is 201 g/mol. The Hall–Kier alpha value is -1.06. The molecule has 0 radical (unpaired) electrons. The number of rotatable bonds is 5. The summed E-state index contributed by atoms with van der Waals surface area (Å²) in [5, 5.41) is 11.4. The van der Waals surface area contributed by atoms with Gasteiger partial charge in [-0.15, -0.1) is 0 Å². The molecule has 0 fully saturated rings. The van der Waals surface area contributed by atoms with E-state index in [9.17, 15) is 9.59 Å². The fraction of sp³-hybridized carbons (Fsp3) is 0.800. The van der Waals surface area contributed by atoms with Gasteiger partial charge < -0.3 is 10.4 Å². The second-order valence-electron chi connectivity index (χ2n) is 3.93. The Kier molecular flexibility index (Phi) is 4.60. The average molecular weight is 201 g/mol. The number of carbonyl (C=O) groups is 2. The Morgan fingerprint density at radius 3 is 2.29 bits per heavy atom. The molecular weight excluding hydrogens is 182 g/mol. The molecule has 0 saturated carbocycles. The number of nitrogens with one attached hydrogen (secondary N) is 1. The number of hydrogen-bond donors (Lipinski definition) is 2. The van der Waals surface area contributed by atoms with Gasteiger partial charge in [0.25, 0.3) is 0 Å². The van der Waals surface area contributed by atoms with Gasteiger partial charge in [0, 0.05) is 7.05 Å². The molecule has 0 rings (SSSR count). The van der Waals surface area contributed by atoms with Crippen LogP contribution in [-0.4, -0.2) is 24.0 Å². The lowest BCUT2D eigenvalue weighted by Gasteiger charge is -2.25. The third kappa shape index (κ3) is 2.72. The lowest BCUT2D eigenvalue weighted by atomic mass is 9.80. The molecule has 2 atom stereocenters. The molecule has 2 unspecified atom stereocenters. The topological polar surface area (TPSA) is 66.4 Å². The molecule has 0 aromatic carbocycles. The van der Waals surface area contributed by atoms with Crippen LogP contribution in [-0.2, 0) is 9.59 Å². The van der Waals surface area contributed by atoms with Crippen molar-refractivity contribution in [3.63, 3.8) is 0 Å². The number of carboxylic acids is 1. The molecular formula is C10H19NO3. The molecule has 0 spiro atoms. The molecule has 0 aliphatic rings. The first kappa shape index (κ1) is 12.9. The molecule has 0 heterocycles. The van der Waals surface area contributed by atoms with E-state index in [0.29, 0.717) is 6.42 Å². The van der Waals surface area contributed by atoms with Crippen LogP contribution in [0.3, 0.4) is 0 Å². The normalized spacial score (nSPS) is 16.9. The van der Waals surface area contributed by atoms with Crippen molar-refractivity contribution in [2.24, 2.45) is 11.3 Å². The maximum atomic E-state index is 11.4. The Bertz CT molecular complexity index is 227. The Morgan fingerprint density at radius 2 is 2.00 bits per heavy atom. The molecule has 4 heteroatoms. The summed E-state index contributed by atoms with van der Waals surface area (Å²) in [5.74, 6) is -1.25. The van der Waals surface area contributed by atoms with E-state index in [-0.39, 0.29) is 5.92 Å². The highest BCUT2D eigenvalue weighted by Crippen LogP contribution is 2.28. The van der Waals surface area contributed by atoms with Crippen LogP contribution in [0.25, 0.3) is 0 Å². The van der Waals surface area contributed by atoms with E-state index in [1.807, 2.05) is 13.8 Å². The minimum atomic E-state index is -1.30. The largest absolute Gasteiger partial charge is 0.480 e. The van der Waals surface area contributed by atoms with Crippen molar-refractivity contribution in [1.82, 2.24) is 5.32 Å². The van der Waals surface area contributed by atoms with Crippen LogP contribution < -0.4 is 5.32 Å². The van der Waals surface area contributed by atoms with Crippen LogP contribution in [0.15, 0.2) is 0 Å². The molecule has 82 valence electrons. The lowest BCUT2D eigenvalue weighted by Crippen LogP contribution is -2.44. The SMILES string of the molecule is CCC(C)CC(C)(C(=O)O)C(=O)NC. The first-order chi connectivity index (χ1) is 6.38. The maximum Gasteiger partial charge on any atom is 0.318 e. The molecule has 0 aliphatic heterocycles. The molecule has 1 amide bonds. The quantitative estimate of drug-likeness (QED) is 0.658. The van der Waals surface area contributed by atoms with Crippen LogP contribution in [0.5, 0.6) is 0 Å². The van der Waals surface area contributed by atoms with Crippen LogP contribution >= 0.6 is 0 Å². The van der Waals surface area contributed by atoms with E-state index in [4.69, 9.17) is 5.11 Å². The zero-order valence-electron chi connectivity index (χ0n) is 9.26. The molecule has 0 saturated heterocycles. The summed E-state index contributed by atoms with van der Waals surface area (Å²) in [6, 6.07) is 0. The number of hydrogen-bond acceptors (Lipinski definition) is 2. The molecule has 0 bridgehead atoms. The predicted molar refractivity (Wildman–Crippen MR) is 53.9 cm³/mol. The fourth-order valence-corrected chi connectivity index (χ4v) is 1.39. The van der Waals surface area contributed by atoms with Gasteiger partial charge in [0.2, 0.25) is 5.91 Å². The third-order valence-electron chi connectivity index (χ3n) is 2.65. The highest BCUT2D eigenvalue weighted by molar-refractivity contribution is 6.01. The van der Waals surface area contributed by atoms with Gasteiger partial charge in [-0.25, -0.2) is 0 Å². The summed E-state index contributed by atoms with van der Waals surface area (Å²) in [6.45, 7) is 5.40. The van der Waals surface area contributed by atoms with Crippen molar-refractivity contribution in [1.29, 1.82) is 0 Å². The van der Waals surface area contributed by atoms with E-state index in [0.717, 1.165) is 6.42 Å². The summed E-state index contributed by atoms with van der Waals surface area (Å²) in [6.07, 6.45) is 1.25. The number of amides is 1. The summed E-state index contributed by atoms with van der Waals surface area (Å²) in [4.78, 5) is 22.4. The van der Waals surface area contributed by atoms with E-state index >= 15 is 0 Å². The van der Waals surface area contributed by atoms with Crippen molar-refractivity contribution in [3.8, 4) is 0 Å². The molecule has 0 aliphatic carbocycles. The summed E-state index contributed by atoms with van der Waals surface area (Å²) in [5.41, 5.74) is -1.30. The van der Waals surface area contributed by atoms with Gasteiger partial charge in [-0.05, 0) is 19.3 Å². The maximum absolute atomic E-state index is 11.4. The van der Waals surface area contributed by atoms with Gasteiger partial charge in [-0.1, -0.05) is 20.3 Å². The lowest BCUT2D eigenvalue weighted by molar-refractivity contribution is -0.155. The highest BCUT2D eigenvalue weighted by atomic mass is 16.4. The minimum absolute atomic E-state index is 0.230. The fourth-order valence-electron chi connectivity index (χ4n) is 1.39. The van der Waals surface area contributed by atoms with Gasteiger partial charge >= 0.3 is 5.97 Å². The first-order valence-electron chi connectivity index (χ1n) is 4.84. The summed E-state index contributed by atoms with van der Waals surface area (Å²) >= 11 is 0. The second-order valence-corrected chi connectivity index (χ2v) is 3.93. The van der Waals surface area contributed by atoms with Crippen LogP contribution in [0, 0.1) is 11.3 Å². The summed E-state index contributed by atoms with van der Waals surface area (Å²) < 4.78 is 0. The number of carbonyl (C=O) groups excluding carboxylic acids is 1. The van der Waals surface area contributed by atoms with Gasteiger partial charge in [-0.3, -0.25) is 9.59 Å². The van der Waals surface area contributed by atoms with Crippen LogP contribution in [0.4, 0.5) is 0 Å². The Labute approximate surface area is 84.7 Å². The van der Waals surface area contributed by atoms with E-state index in [1.54, 1.807) is 0 Å². The molecule has 4 nitrogen and oxygen atoms in total. The van der Waals surface area contributed by atoms with Crippen molar-refractivity contribution >= 4 is 11.9 Å². The van der Waals surface area contributed by atoms with E-state index in [2.05, 4.69) is 5.32 Å². The summed E-state index contributed by atoms with van der Waals surface area (Å²) in [7, 11) is 1.46. The standard InChI is InChI=1S/C10H19NO3/c1-5-7(2)6-10(3,9(13)14)8(12)11-4/h7H,5-6H2,1-4H3,(H,11,12)(H,13,14).